The zero-order valence-electron chi connectivity index (χ0n) is 15.7. The molecule has 0 spiro atoms. The summed E-state index contributed by atoms with van der Waals surface area (Å²) >= 11 is 5.99. The van der Waals surface area contributed by atoms with Gasteiger partial charge in [0.25, 0.3) is 0 Å². The lowest BCUT2D eigenvalue weighted by Crippen LogP contribution is -2.24. The van der Waals surface area contributed by atoms with E-state index >= 15 is 0 Å². The monoisotopic (exact) mass is 384 g/mol. The predicted octanol–water partition coefficient (Wildman–Crippen LogP) is 5.40. The van der Waals surface area contributed by atoms with E-state index in [0.29, 0.717) is 0 Å². The first-order chi connectivity index (χ1) is 13.1. The molecule has 142 valence electrons. The van der Waals surface area contributed by atoms with Crippen molar-refractivity contribution in [2.75, 3.05) is 0 Å². The van der Waals surface area contributed by atoms with Crippen LogP contribution in [0.15, 0.2) is 67.3 Å². The van der Waals surface area contributed by atoms with Crippen LogP contribution in [-0.4, -0.2) is 21.8 Å². The molecule has 0 saturated carbocycles. The molecule has 1 atom stereocenters. The normalized spacial score (nSPS) is 12.1. The molecule has 0 aliphatic rings. The third-order valence-corrected chi connectivity index (χ3v) is 4.40. The summed E-state index contributed by atoms with van der Waals surface area (Å²) in [4.78, 5) is 4.14. The Morgan fingerprint density at radius 3 is 2.33 bits per heavy atom. The molecule has 0 aliphatic carbocycles. The molecule has 0 radical (unpaired) electrons. The molecular weight excluding hydrogens is 360 g/mol. The molecule has 0 bridgehead atoms. The lowest BCUT2D eigenvalue weighted by Gasteiger charge is -2.22. The molecule has 27 heavy (non-hydrogen) atoms. The number of aryl methyl sites for hydroxylation is 1. The Morgan fingerprint density at radius 2 is 1.70 bits per heavy atom. The van der Waals surface area contributed by atoms with Gasteiger partial charge in [-0.05, 0) is 56.5 Å². The number of para-hydroxylation sites is 2. The van der Waals surface area contributed by atoms with Crippen molar-refractivity contribution in [1.82, 2.24) is 9.55 Å². The van der Waals surface area contributed by atoms with Crippen LogP contribution in [-0.2, 0) is 13.0 Å². The van der Waals surface area contributed by atoms with Gasteiger partial charge in [-0.3, -0.25) is 0 Å². The number of aromatic nitrogens is 2. The van der Waals surface area contributed by atoms with Crippen molar-refractivity contribution in [2.24, 2.45) is 0 Å². The molecule has 0 aliphatic heterocycles. The fourth-order valence-electron chi connectivity index (χ4n) is 2.87. The number of ether oxygens (including phenoxy) is 2. The molecule has 0 amide bonds. The van der Waals surface area contributed by atoms with Crippen molar-refractivity contribution >= 4 is 11.6 Å². The first kappa shape index (κ1) is 19.3. The van der Waals surface area contributed by atoms with Crippen LogP contribution >= 0.6 is 11.6 Å². The van der Waals surface area contributed by atoms with Crippen LogP contribution < -0.4 is 9.47 Å². The Bertz CT molecular complexity index is 817. The van der Waals surface area contributed by atoms with E-state index < -0.39 is 0 Å². The van der Waals surface area contributed by atoms with Crippen molar-refractivity contribution in [3.8, 4) is 11.5 Å². The van der Waals surface area contributed by atoms with Gasteiger partial charge in [0.05, 0.1) is 19.0 Å². The Balaban J connectivity index is 1.72. The first-order valence-corrected chi connectivity index (χ1v) is 9.60. The van der Waals surface area contributed by atoms with Crippen LogP contribution in [0.1, 0.15) is 25.8 Å². The highest BCUT2D eigenvalue weighted by Gasteiger charge is 2.15. The third kappa shape index (κ3) is 6.04. The minimum atomic E-state index is -0.00760. The number of rotatable bonds is 9. The van der Waals surface area contributed by atoms with Gasteiger partial charge >= 0.3 is 0 Å². The Hall–Kier alpha value is -2.46. The summed E-state index contributed by atoms with van der Waals surface area (Å²) in [6.07, 6.45) is 7.42. The highest BCUT2D eigenvalue weighted by molar-refractivity contribution is 6.30. The SMILES string of the molecule is CC(C)Oc1ccccc1OC(CCc1ccc(Cl)cc1)Cn1ccnc1. The molecule has 0 fully saturated rings. The molecule has 5 heteroatoms. The van der Waals surface area contributed by atoms with Gasteiger partial charge in [0, 0.05) is 17.4 Å². The van der Waals surface area contributed by atoms with E-state index in [-0.39, 0.29) is 12.2 Å². The summed E-state index contributed by atoms with van der Waals surface area (Å²) < 4.78 is 14.3. The van der Waals surface area contributed by atoms with E-state index in [4.69, 9.17) is 21.1 Å². The zero-order chi connectivity index (χ0) is 19.1. The molecule has 4 nitrogen and oxygen atoms in total. The van der Waals surface area contributed by atoms with E-state index in [2.05, 4.69) is 17.1 Å². The minimum Gasteiger partial charge on any atom is -0.487 e. The number of benzene rings is 2. The summed E-state index contributed by atoms with van der Waals surface area (Å²) in [5, 5.41) is 0.754. The van der Waals surface area contributed by atoms with Gasteiger partial charge in [0.15, 0.2) is 11.5 Å². The smallest absolute Gasteiger partial charge is 0.161 e. The van der Waals surface area contributed by atoms with E-state index in [0.717, 1.165) is 35.9 Å². The fourth-order valence-corrected chi connectivity index (χ4v) is 3.00. The van der Waals surface area contributed by atoms with Gasteiger partial charge in [0.2, 0.25) is 0 Å². The Labute approximate surface area is 165 Å². The summed E-state index contributed by atoms with van der Waals surface area (Å²) in [6.45, 7) is 4.75. The van der Waals surface area contributed by atoms with Crippen molar-refractivity contribution in [3.63, 3.8) is 0 Å². The first-order valence-electron chi connectivity index (χ1n) is 9.22. The van der Waals surface area contributed by atoms with Gasteiger partial charge in [-0.25, -0.2) is 4.98 Å². The second-order valence-electron chi connectivity index (χ2n) is 6.78. The summed E-state index contributed by atoms with van der Waals surface area (Å²) in [5.41, 5.74) is 1.24. The average molecular weight is 385 g/mol. The van der Waals surface area contributed by atoms with Crippen LogP contribution in [0.5, 0.6) is 11.5 Å². The maximum Gasteiger partial charge on any atom is 0.161 e. The molecule has 3 rings (SSSR count). The lowest BCUT2D eigenvalue weighted by atomic mass is 10.1. The van der Waals surface area contributed by atoms with E-state index in [1.54, 1.807) is 6.20 Å². The van der Waals surface area contributed by atoms with E-state index in [9.17, 15) is 0 Å². The zero-order valence-corrected chi connectivity index (χ0v) is 16.5. The molecule has 1 unspecified atom stereocenters. The molecule has 3 aromatic rings. The molecule has 0 N–H and O–H groups in total. The highest BCUT2D eigenvalue weighted by atomic mass is 35.5. The second-order valence-corrected chi connectivity index (χ2v) is 7.21. The summed E-state index contributed by atoms with van der Waals surface area (Å²) in [6, 6.07) is 15.8. The van der Waals surface area contributed by atoms with Crippen molar-refractivity contribution in [2.45, 2.75) is 45.4 Å². The minimum absolute atomic E-state index is 0.00760. The van der Waals surface area contributed by atoms with Gasteiger partial charge in [-0.2, -0.15) is 0 Å². The largest absolute Gasteiger partial charge is 0.487 e. The average Bonchev–Trinajstić information content (AvgIpc) is 3.15. The molecule has 0 saturated heterocycles. The maximum atomic E-state index is 6.37. The standard InChI is InChI=1S/C22H25ClN2O2/c1-17(2)26-21-5-3-4-6-22(21)27-20(15-25-14-13-24-16-25)12-9-18-7-10-19(23)11-8-18/h3-8,10-11,13-14,16-17,20H,9,12,15H2,1-2H3. The van der Waals surface area contributed by atoms with Gasteiger partial charge in [-0.1, -0.05) is 35.9 Å². The van der Waals surface area contributed by atoms with Crippen molar-refractivity contribution in [1.29, 1.82) is 0 Å². The fraction of sp³-hybridized carbons (Fsp3) is 0.318. The quantitative estimate of drug-likeness (QED) is 0.495. The Morgan fingerprint density at radius 1 is 1.00 bits per heavy atom. The van der Waals surface area contributed by atoms with Crippen molar-refractivity contribution < 1.29 is 9.47 Å². The molecule has 1 heterocycles. The van der Waals surface area contributed by atoms with Crippen LogP contribution in [0, 0.1) is 0 Å². The second kappa shape index (κ2) is 9.47. The molecule has 2 aromatic carbocycles. The number of halogens is 1. The van der Waals surface area contributed by atoms with Crippen LogP contribution in [0.3, 0.4) is 0 Å². The summed E-state index contributed by atoms with van der Waals surface area (Å²) in [7, 11) is 0. The van der Waals surface area contributed by atoms with Crippen molar-refractivity contribution in [3.05, 3.63) is 77.8 Å². The van der Waals surface area contributed by atoms with Gasteiger partial charge in [0.1, 0.15) is 6.10 Å². The topological polar surface area (TPSA) is 36.3 Å². The van der Waals surface area contributed by atoms with Crippen LogP contribution in [0.25, 0.3) is 0 Å². The van der Waals surface area contributed by atoms with Gasteiger partial charge in [-0.15, -0.1) is 0 Å². The third-order valence-electron chi connectivity index (χ3n) is 4.15. The number of hydrogen-bond acceptors (Lipinski definition) is 3. The number of imidazole rings is 1. The van der Waals surface area contributed by atoms with E-state index in [1.807, 2.05) is 67.3 Å². The van der Waals surface area contributed by atoms with Crippen LogP contribution in [0.2, 0.25) is 5.02 Å². The lowest BCUT2D eigenvalue weighted by molar-refractivity contribution is 0.154. The van der Waals surface area contributed by atoms with Gasteiger partial charge < -0.3 is 14.0 Å². The van der Waals surface area contributed by atoms with E-state index in [1.165, 1.54) is 5.56 Å². The number of hydrogen-bond donors (Lipinski definition) is 0. The predicted molar refractivity (Wildman–Crippen MR) is 109 cm³/mol. The summed E-state index contributed by atoms with van der Waals surface area (Å²) in [5.74, 6) is 1.54. The number of nitrogens with zero attached hydrogens (tertiary/aromatic N) is 2. The molecule has 1 aromatic heterocycles. The molecular formula is C22H25ClN2O2. The van der Waals surface area contributed by atoms with Crippen LogP contribution in [0.4, 0.5) is 0 Å². The maximum absolute atomic E-state index is 6.37. The highest BCUT2D eigenvalue weighted by Crippen LogP contribution is 2.29. The Kier molecular flexibility index (Phi) is 6.77.